The molecular weight excluding hydrogens is 188 g/mol. The van der Waals surface area contributed by atoms with Crippen molar-refractivity contribution in [1.82, 2.24) is 15.5 Å². The summed E-state index contributed by atoms with van der Waals surface area (Å²) in [4.78, 5) is 0. The van der Waals surface area contributed by atoms with Gasteiger partial charge in [0.15, 0.2) is 0 Å². The third kappa shape index (κ3) is 2.89. The second kappa shape index (κ2) is 5.07. The van der Waals surface area contributed by atoms with Crippen LogP contribution in [0.15, 0.2) is 18.3 Å². The van der Waals surface area contributed by atoms with Gasteiger partial charge in [-0.2, -0.15) is 5.10 Å². The zero-order valence-electron chi connectivity index (χ0n) is 9.11. The monoisotopic (exact) mass is 206 g/mol. The Morgan fingerprint density at radius 1 is 1.60 bits per heavy atom. The number of nitrogens with one attached hydrogen (secondary N) is 2. The third-order valence-electron chi connectivity index (χ3n) is 2.99. The van der Waals surface area contributed by atoms with Gasteiger partial charge in [-0.15, -0.1) is 5.10 Å². The highest BCUT2D eigenvalue weighted by molar-refractivity contribution is 5.32. The Bertz CT molecular complexity index is 282. The highest BCUT2D eigenvalue weighted by atomic mass is 15.2. The van der Waals surface area contributed by atoms with Crippen LogP contribution >= 0.6 is 0 Å². The van der Waals surface area contributed by atoms with Crippen molar-refractivity contribution in [2.75, 3.05) is 18.4 Å². The number of hydrogen-bond donors (Lipinski definition) is 2. The second-order valence-electron chi connectivity index (χ2n) is 4.15. The van der Waals surface area contributed by atoms with Crippen LogP contribution in [-0.4, -0.2) is 29.3 Å². The zero-order chi connectivity index (χ0) is 10.5. The normalized spacial score (nSPS) is 23.4. The maximum atomic E-state index is 4.03. The fourth-order valence-corrected chi connectivity index (χ4v) is 2.04. The Hall–Kier alpha value is -1.16. The SMILES string of the molecule is CC(Nc1cccnn1)C1CCCNC1. The van der Waals surface area contributed by atoms with Crippen molar-refractivity contribution < 1.29 is 0 Å². The summed E-state index contributed by atoms with van der Waals surface area (Å²) < 4.78 is 0. The molecule has 1 aliphatic heterocycles. The fourth-order valence-electron chi connectivity index (χ4n) is 2.04. The van der Waals surface area contributed by atoms with E-state index >= 15 is 0 Å². The number of aromatic nitrogens is 2. The Morgan fingerprint density at radius 2 is 2.53 bits per heavy atom. The molecule has 0 radical (unpaired) electrons. The molecule has 0 spiro atoms. The second-order valence-corrected chi connectivity index (χ2v) is 4.15. The van der Waals surface area contributed by atoms with E-state index in [0.29, 0.717) is 12.0 Å². The van der Waals surface area contributed by atoms with Gasteiger partial charge in [0.25, 0.3) is 0 Å². The van der Waals surface area contributed by atoms with E-state index in [1.807, 2.05) is 12.1 Å². The molecule has 2 unspecified atom stereocenters. The maximum Gasteiger partial charge on any atom is 0.148 e. The first-order chi connectivity index (χ1) is 7.36. The highest BCUT2D eigenvalue weighted by Gasteiger charge is 2.19. The molecule has 1 aromatic rings. The molecule has 1 saturated heterocycles. The number of piperidine rings is 1. The Balaban J connectivity index is 1.88. The van der Waals surface area contributed by atoms with Crippen molar-refractivity contribution in [3.05, 3.63) is 18.3 Å². The number of anilines is 1. The van der Waals surface area contributed by atoms with E-state index in [2.05, 4.69) is 27.8 Å². The van der Waals surface area contributed by atoms with Crippen LogP contribution in [0.3, 0.4) is 0 Å². The topological polar surface area (TPSA) is 49.8 Å². The smallest absolute Gasteiger partial charge is 0.148 e. The van der Waals surface area contributed by atoms with E-state index in [-0.39, 0.29) is 0 Å². The van der Waals surface area contributed by atoms with Crippen molar-refractivity contribution in [3.8, 4) is 0 Å². The van der Waals surface area contributed by atoms with Crippen LogP contribution in [0, 0.1) is 5.92 Å². The minimum absolute atomic E-state index is 0.453. The quantitative estimate of drug-likeness (QED) is 0.782. The van der Waals surface area contributed by atoms with E-state index in [4.69, 9.17) is 0 Å². The minimum atomic E-state index is 0.453. The number of hydrogen-bond acceptors (Lipinski definition) is 4. The molecule has 1 aliphatic rings. The number of rotatable bonds is 3. The lowest BCUT2D eigenvalue weighted by atomic mass is 9.93. The third-order valence-corrected chi connectivity index (χ3v) is 2.99. The van der Waals surface area contributed by atoms with Gasteiger partial charge >= 0.3 is 0 Å². The molecule has 1 fully saturated rings. The molecule has 2 heterocycles. The van der Waals surface area contributed by atoms with Crippen LogP contribution in [0.2, 0.25) is 0 Å². The number of nitrogens with zero attached hydrogens (tertiary/aromatic N) is 2. The molecule has 4 heteroatoms. The maximum absolute atomic E-state index is 4.03. The van der Waals surface area contributed by atoms with Gasteiger partial charge in [-0.05, 0) is 50.9 Å². The molecule has 82 valence electrons. The van der Waals surface area contributed by atoms with E-state index in [0.717, 1.165) is 18.9 Å². The highest BCUT2D eigenvalue weighted by Crippen LogP contribution is 2.16. The van der Waals surface area contributed by atoms with Gasteiger partial charge in [0.2, 0.25) is 0 Å². The molecule has 2 N–H and O–H groups in total. The molecule has 2 atom stereocenters. The molecule has 15 heavy (non-hydrogen) atoms. The van der Waals surface area contributed by atoms with E-state index < -0.39 is 0 Å². The van der Waals surface area contributed by atoms with Crippen LogP contribution in [0.1, 0.15) is 19.8 Å². The first kappa shape index (κ1) is 10.4. The summed E-state index contributed by atoms with van der Waals surface area (Å²) in [5, 5.41) is 14.7. The summed E-state index contributed by atoms with van der Waals surface area (Å²) in [7, 11) is 0. The van der Waals surface area contributed by atoms with Crippen molar-refractivity contribution >= 4 is 5.82 Å². The Morgan fingerprint density at radius 3 is 3.20 bits per heavy atom. The Labute approximate surface area is 90.5 Å². The average Bonchev–Trinajstić information content (AvgIpc) is 2.31. The van der Waals surface area contributed by atoms with Crippen LogP contribution in [-0.2, 0) is 0 Å². The van der Waals surface area contributed by atoms with Crippen molar-refractivity contribution in [2.24, 2.45) is 5.92 Å². The lowest BCUT2D eigenvalue weighted by Gasteiger charge is -2.29. The molecular formula is C11H18N4. The van der Waals surface area contributed by atoms with Crippen LogP contribution in [0.5, 0.6) is 0 Å². The van der Waals surface area contributed by atoms with E-state index in [1.54, 1.807) is 6.20 Å². The standard InChI is InChI=1S/C11H18N4/c1-9(10-4-2-6-12-8-10)14-11-5-3-7-13-15-11/h3,5,7,9-10,12H,2,4,6,8H2,1H3,(H,14,15). The first-order valence-corrected chi connectivity index (χ1v) is 5.61. The van der Waals surface area contributed by atoms with Crippen molar-refractivity contribution in [3.63, 3.8) is 0 Å². The summed E-state index contributed by atoms with van der Waals surface area (Å²) in [5.74, 6) is 1.57. The molecule has 0 bridgehead atoms. The lowest BCUT2D eigenvalue weighted by Crippen LogP contribution is -2.38. The van der Waals surface area contributed by atoms with Crippen LogP contribution in [0.4, 0.5) is 5.82 Å². The molecule has 0 amide bonds. The largest absolute Gasteiger partial charge is 0.366 e. The van der Waals surface area contributed by atoms with Gasteiger partial charge < -0.3 is 10.6 Å². The molecule has 4 nitrogen and oxygen atoms in total. The molecule has 0 aliphatic carbocycles. The van der Waals surface area contributed by atoms with Crippen LogP contribution < -0.4 is 10.6 Å². The minimum Gasteiger partial charge on any atom is -0.366 e. The van der Waals surface area contributed by atoms with Gasteiger partial charge in [-0.3, -0.25) is 0 Å². The van der Waals surface area contributed by atoms with E-state index in [9.17, 15) is 0 Å². The molecule has 1 aromatic heterocycles. The predicted molar refractivity (Wildman–Crippen MR) is 60.7 cm³/mol. The van der Waals surface area contributed by atoms with Gasteiger partial charge in [0, 0.05) is 12.2 Å². The lowest BCUT2D eigenvalue weighted by molar-refractivity contribution is 0.346. The molecule has 2 rings (SSSR count). The summed E-state index contributed by atoms with van der Waals surface area (Å²) >= 11 is 0. The van der Waals surface area contributed by atoms with Gasteiger partial charge in [0.1, 0.15) is 5.82 Å². The van der Waals surface area contributed by atoms with Crippen molar-refractivity contribution in [2.45, 2.75) is 25.8 Å². The average molecular weight is 206 g/mol. The predicted octanol–water partition coefficient (Wildman–Crippen LogP) is 1.28. The van der Waals surface area contributed by atoms with Crippen LogP contribution in [0.25, 0.3) is 0 Å². The van der Waals surface area contributed by atoms with Gasteiger partial charge in [-0.1, -0.05) is 0 Å². The summed E-state index contributed by atoms with van der Waals surface area (Å²) in [6.45, 7) is 4.48. The van der Waals surface area contributed by atoms with Gasteiger partial charge in [-0.25, -0.2) is 0 Å². The van der Waals surface area contributed by atoms with Crippen molar-refractivity contribution in [1.29, 1.82) is 0 Å². The molecule has 0 aromatic carbocycles. The fraction of sp³-hybridized carbons (Fsp3) is 0.636. The Kier molecular flexibility index (Phi) is 3.50. The summed E-state index contributed by atoms with van der Waals surface area (Å²) in [6.07, 6.45) is 4.26. The van der Waals surface area contributed by atoms with E-state index in [1.165, 1.54) is 12.8 Å². The van der Waals surface area contributed by atoms with Gasteiger partial charge in [0.05, 0.1) is 0 Å². The molecule has 0 saturated carbocycles. The zero-order valence-corrected chi connectivity index (χ0v) is 9.11. The first-order valence-electron chi connectivity index (χ1n) is 5.61. The summed E-state index contributed by atoms with van der Waals surface area (Å²) in [6, 6.07) is 4.32. The summed E-state index contributed by atoms with van der Waals surface area (Å²) in [5.41, 5.74) is 0.